The van der Waals surface area contributed by atoms with Gasteiger partial charge in [-0.05, 0) is 19.7 Å². The van der Waals surface area contributed by atoms with Crippen molar-refractivity contribution in [3.63, 3.8) is 0 Å². The number of hydrogen-bond donors (Lipinski definition) is 0. The molecule has 0 aromatic heterocycles. The molecule has 4 atom stereocenters. The standard InChI is InChI=1S/C13H14N3P/c1-16(2)13(10-6-4-3-5-7-10)11(8-14)12(9-15)17-13/h3-7,11-12,17H,1-2H3/t11-,12-,13+/m0/s1. The normalized spacial score (nSPS) is 32.8. The molecule has 0 bridgehead atoms. The van der Waals surface area contributed by atoms with Crippen molar-refractivity contribution in [2.24, 2.45) is 5.92 Å². The van der Waals surface area contributed by atoms with Crippen LogP contribution in [0.4, 0.5) is 0 Å². The third kappa shape index (κ3) is 1.64. The van der Waals surface area contributed by atoms with Crippen molar-refractivity contribution in [3.8, 4) is 12.1 Å². The van der Waals surface area contributed by atoms with Crippen molar-refractivity contribution >= 4 is 8.58 Å². The monoisotopic (exact) mass is 243 g/mol. The van der Waals surface area contributed by atoms with Crippen LogP contribution in [0.3, 0.4) is 0 Å². The van der Waals surface area contributed by atoms with E-state index in [1.165, 1.54) is 0 Å². The van der Waals surface area contributed by atoms with Crippen molar-refractivity contribution in [2.75, 3.05) is 14.1 Å². The van der Waals surface area contributed by atoms with E-state index >= 15 is 0 Å². The van der Waals surface area contributed by atoms with Crippen molar-refractivity contribution in [2.45, 2.75) is 10.9 Å². The van der Waals surface area contributed by atoms with Crippen LogP contribution >= 0.6 is 8.58 Å². The van der Waals surface area contributed by atoms with Crippen LogP contribution in [0.15, 0.2) is 30.3 Å². The summed E-state index contributed by atoms with van der Waals surface area (Å²) in [6, 6.07) is 14.6. The predicted octanol–water partition coefficient (Wildman–Crippen LogP) is 2.13. The van der Waals surface area contributed by atoms with Gasteiger partial charge in [0, 0.05) is 0 Å². The summed E-state index contributed by atoms with van der Waals surface area (Å²) in [5, 5.41) is 18.1. The first kappa shape index (κ1) is 12.1. The lowest BCUT2D eigenvalue weighted by Gasteiger charge is -2.53. The zero-order valence-electron chi connectivity index (χ0n) is 9.88. The van der Waals surface area contributed by atoms with Gasteiger partial charge in [0.25, 0.3) is 0 Å². The van der Waals surface area contributed by atoms with Crippen LogP contribution in [0, 0.1) is 28.6 Å². The molecule has 1 saturated heterocycles. The van der Waals surface area contributed by atoms with E-state index in [1.54, 1.807) is 0 Å². The predicted molar refractivity (Wildman–Crippen MR) is 68.6 cm³/mol. The summed E-state index contributed by atoms with van der Waals surface area (Å²) in [6.45, 7) is 0. The molecule has 1 unspecified atom stereocenters. The third-order valence-electron chi connectivity index (χ3n) is 3.36. The van der Waals surface area contributed by atoms with Crippen LogP contribution in [0.25, 0.3) is 0 Å². The van der Waals surface area contributed by atoms with Gasteiger partial charge in [0.1, 0.15) is 0 Å². The Bertz CT molecular complexity index is 486. The molecule has 4 heteroatoms. The van der Waals surface area contributed by atoms with E-state index in [9.17, 15) is 5.26 Å². The van der Waals surface area contributed by atoms with Gasteiger partial charge in [-0.15, -0.1) is 0 Å². The first-order valence-electron chi connectivity index (χ1n) is 5.46. The highest BCUT2D eigenvalue weighted by molar-refractivity contribution is 7.43. The molecule has 86 valence electrons. The van der Waals surface area contributed by atoms with E-state index in [2.05, 4.69) is 17.0 Å². The Labute approximate surface area is 103 Å². The van der Waals surface area contributed by atoms with Crippen LogP contribution in [0.2, 0.25) is 0 Å². The van der Waals surface area contributed by atoms with Gasteiger partial charge in [-0.2, -0.15) is 10.5 Å². The molecular formula is C13H14N3P. The molecule has 17 heavy (non-hydrogen) atoms. The van der Waals surface area contributed by atoms with Crippen LogP contribution < -0.4 is 0 Å². The molecule has 0 N–H and O–H groups in total. The Hall–Kier alpha value is -1.41. The Morgan fingerprint density at radius 2 is 1.82 bits per heavy atom. The minimum absolute atomic E-state index is 0.123. The second-order valence-electron chi connectivity index (χ2n) is 4.38. The number of nitriles is 2. The molecule has 1 heterocycles. The van der Waals surface area contributed by atoms with Gasteiger partial charge in [0.15, 0.2) is 0 Å². The van der Waals surface area contributed by atoms with Gasteiger partial charge in [-0.25, -0.2) is 0 Å². The maximum absolute atomic E-state index is 9.31. The van der Waals surface area contributed by atoms with E-state index in [1.807, 2.05) is 44.4 Å². The highest BCUT2D eigenvalue weighted by Crippen LogP contribution is 2.63. The quantitative estimate of drug-likeness (QED) is 0.747. The summed E-state index contributed by atoms with van der Waals surface area (Å²) >= 11 is 0. The zero-order valence-corrected chi connectivity index (χ0v) is 10.9. The molecular weight excluding hydrogens is 229 g/mol. The molecule has 1 fully saturated rings. The van der Waals surface area contributed by atoms with Crippen molar-refractivity contribution in [3.05, 3.63) is 35.9 Å². The Morgan fingerprint density at radius 1 is 1.18 bits per heavy atom. The van der Waals surface area contributed by atoms with E-state index in [0.717, 1.165) is 5.56 Å². The fourth-order valence-electron chi connectivity index (χ4n) is 2.45. The minimum atomic E-state index is -0.267. The summed E-state index contributed by atoms with van der Waals surface area (Å²) in [5.41, 5.74) is 1.02. The first-order valence-corrected chi connectivity index (χ1v) is 6.54. The molecule has 1 aliphatic rings. The molecule has 1 aliphatic heterocycles. The highest BCUT2D eigenvalue weighted by atomic mass is 31.1. The Balaban J connectivity index is 2.45. The van der Waals surface area contributed by atoms with Gasteiger partial charge >= 0.3 is 0 Å². The maximum Gasteiger partial charge on any atom is 0.0922 e. The van der Waals surface area contributed by atoms with E-state index in [-0.39, 0.29) is 16.9 Å². The summed E-state index contributed by atoms with van der Waals surface area (Å²) < 4.78 is 0. The summed E-state index contributed by atoms with van der Waals surface area (Å²) in [6.07, 6.45) is 0. The smallest absolute Gasteiger partial charge is 0.0922 e. The van der Waals surface area contributed by atoms with Crippen molar-refractivity contribution in [1.82, 2.24) is 4.90 Å². The van der Waals surface area contributed by atoms with Gasteiger partial charge in [0.2, 0.25) is 0 Å². The molecule has 1 aromatic carbocycles. The topological polar surface area (TPSA) is 50.8 Å². The number of nitrogens with zero attached hydrogens (tertiary/aromatic N) is 3. The maximum atomic E-state index is 9.31. The lowest BCUT2D eigenvalue weighted by atomic mass is 9.88. The van der Waals surface area contributed by atoms with Gasteiger partial charge in [-0.3, -0.25) is 4.90 Å². The average Bonchev–Trinajstić information content (AvgIpc) is 2.30. The minimum Gasteiger partial charge on any atom is -0.295 e. The van der Waals surface area contributed by atoms with E-state index in [0.29, 0.717) is 8.58 Å². The number of hydrogen-bond acceptors (Lipinski definition) is 3. The van der Waals surface area contributed by atoms with Gasteiger partial charge < -0.3 is 0 Å². The fourth-order valence-corrected chi connectivity index (χ4v) is 4.20. The highest BCUT2D eigenvalue weighted by Gasteiger charge is 2.57. The van der Waals surface area contributed by atoms with Crippen molar-refractivity contribution < 1.29 is 0 Å². The van der Waals surface area contributed by atoms with Gasteiger partial charge in [-0.1, -0.05) is 38.9 Å². The number of rotatable bonds is 2. The molecule has 3 nitrogen and oxygen atoms in total. The third-order valence-corrected chi connectivity index (χ3v) is 5.62. The largest absolute Gasteiger partial charge is 0.295 e. The SMILES string of the molecule is CN(C)[C@]1(c2ccccc2)P[C@@H](C#N)[C@@H]1C#N. The number of benzene rings is 1. The first-order chi connectivity index (χ1) is 8.16. The van der Waals surface area contributed by atoms with E-state index < -0.39 is 0 Å². The van der Waals surface area contributed by atoms with Crippen LogP contribution in [0.1, 0.15) is 5.56 Å². The molecule has 0 aliphatic carbocycles. The lowest BCUT2D eigenvalue weighted by Crippen LogP contribution is -2.55. The van der Waals surface area contributed by atoms with Crippen LogP contribution in [-0.4, -0.2) is 24.7 Å². The summed E-state index contributed by atoms with van der Waals surface area (Å²) in [5.74, 6) is -0.233. The molecule has 0 saturated carbocycles. The second-order valence-corrected chi connectivity index (χ2v) is 6.06. The zero-order chi connectivity index (χ0) is 12.5. The average molecular weight is 243 g/mol. The molecule has 0 spiro atoms. The van der Waals surface area contributed by atoms with Crippen LogP contribution in [0.5, 0.6) is 0 Å². The molecule has 1 aromatic rings. The Morgan fingerprint density at radius 3 is 2.29 bits per heavy atom. The lowest BCUT2D eigenvalue weighted by molar-refractivity contribution is 0.178. The van der Waals surface area contributed by atoms with Crippen molar-refractivity contribution in [1.29, 1.82) is 10.5 Å². The van der Waals surface area contributed by atoms with Crippen LogP contribution in [-0.2, 0) is 5.28 Å². The molecule has 0 radical (unpaired) electrons. The Kier molecular flexibility index (Phi) is 3.16. The fraction of sp³-hybridized carbons (Fsp3) is 0.385. The molecule has 2 rings (SSSR count). The van der Waals surface area contributed by atoms with Gasteiger partial charge in [0.05, 0.1) is 29.0 Å². The molecule has 0 amide bonds. The van der Waals surface area contributed by atoms with E-state index in [4.69, 9.17) is 5.26 Å². The summed E-state index contributed by atoms with van der Waals surface area (Å²) in [4.78, 5) is 2.09. The second kappa shape index (κ2) is 4.46. The summed E-state index contributed by atoms with van der Waals surface area (Å²) in [7, 11) is 4.43.